The molecule has 4 aliphatic rings. The van der Waals surface area contributed by atoms with E-state index in [1.54, 1.807) is 25.7 Å². The highest BCUT2D eigenvalue weighted by atomic mass is 28.3. The van der Waals surface area contributed by atoms with Crippen LogP contribution in [0.1, 0.15) is 57.4 Å². The Balaban J connectivity index is 1.39. The monoisotopic (exact) mass is 390 g/mol. The Morgan fingerprint density at radius 2 is 1.71 bits per heavy atom. The minimum Gasteiger partial charge on any atom is -0.0802 e. The average Bonchev–Trinajstić information content (AvgIpc) is 3.29. The zero-order valence-corrected chi connectivity index (χ0v) is 19.1. The lowest BCUT2D eigenvalue weighted by atomic mass is 9.82. The predicted octanol–water partition coefficient (Wildman–Crippen LogP) is 7.96. The molecule has 28 heavy (non-hydrogen) atoms. The fraction of sp³-hybridized carbons (Fsp3) is 0.630. The van der Waals surface area contributed by atoms with Gasteiger partial charge in [-0.25, -0.2) is 0 Å². The number of hydrogen-bond acceptors (Lipinski definition) is 0. The van der Waals surface area contributed by atoms with E-state index >= 15 is 0 Å². The summed E-state index contributed by atoms with van der Waals surface area (Å²) in [7, 11) is -1.30. The molecule has 0 amide bonds. The second-order valence-electron chi connectivity index (χ2n) is 11.0. The molecule has 7 atom stereocenters. The maximum absolute atomic E-state index is 2.79. The summed E-state index contributed by atoms with van der Waals surface area (Å²) < 4.78 is 0. The molecule has 0 aromatic heterocycles. The summed E-state index contributed by atoms with van der Waals surface area (Å²) in [5.74, 6) is 4.66. The Morgan fingerprint density at radius 1 is 0.929 bits per heavy atom. The summed E-state index contributed by atoms with van der Waals surface area (Å²) in [6.45, 7) is 8.18. The van der Waals surface area contributed by atoms with Crippen LogP contribution in [0.4, 0.5) is 0 Å². The molecule has 0 radical (unpaired) electrons. The third-order valence-corrected chi connectivity index (χ3v) is 14.6. The second kappa shape index (κ2) is 7.31. The van der Waals surface area contributed by atoms with Crippen molar-refractivity contribution in [3.63, 3.8) is 0 Å². The van der Waals surface area contributed by atoms with E-state index in [2.05, 4.69) is 68.6 Å². The summed E-state index contributed by atoms with van der Waals surface area (Å²) in [6.07, 6.45) is 18.4. The molecule has 5 rings (SSSR count). The van der Waals surface area contributed by atoms with Crippen LogP contribution in [0, 0.1) is 29.6 Å². The third-order valence-electron chi connectivity index (χ3n) is 9.31. The number of rotatable bonds is 3. The molecule has 4 aliphatic carbocycles. The van der Waals surface area contributed by atoms with Gasteiger partial charge in [0.05, 0.1) is 8.07 Å². The molecule has 0 aliphatic heterocycles. The molecular weight excluding hydrogens is 352 g/mol. The fourth-order valence-electron chi connectivity index (χ4n) is 8.28. The topological polar surface area (TPSA) is 0 Å². The molecule has 0 spiro atoms. The lowest BCUT2D eigenvalue weighted by Crippen LogP contribution is -2.44. The Hall–Kier alpha value is -1.08. The molecule has 1 aromatic rings. The summed E-state index contributed by atoms with van der Waals surface area (Å²) in [6, 6.07) is 11.0. The molecule has 0 nitrogen and oxygen atoms in total. The first-order valence-electron chi connectivity index (χ1n) is 12.0. The van der Waals surface area contributed by atoms with E-state index in [0.717, 1.165) is 40.7 Å². The number of fused-ring (bicyclic) bond motifs is 2. The van der Waals surface area contributed by atoms with Gasteiger partial charge in [0, 0.05) is 0 Å². The van der Waals surface area contributed by atoms with Gasteiger partial charge in [0.25, 0.3) is 0 Å². The van der Waals surface area contributed by atoms with E-state index in [0.29, 0.717) is 0 Å². The van der Waals surface area contributed by atoms with E-state index in [1.165, 1.54) is 30.4 Å². The summed E-state index contributed by atoms with van der Waals surface area (Å²) in [5, 5.41) is 0. The number of allylic oxidation sites excluding steroid dienone is 4. The normalized spacial score (nSPS) is 40.1. The molecule has 0 saturated heterocycles. The van der Waals surface area contributed by atoms with E-state index < -0.39 is 8.07 Å². The van der Waals surface area contributed by atoms with Crippen molar-refractivity contribution in [2.75, 3.05) is 0 Å². The molecular formula is C27H38Si. The van der Waals surface area contributed by atoms with Gasteiger partial charge < -0.3 is 0 Å². The van der Waals surface area contributed by atoms with Crippen LogP contribution in [-0.2, 0) is 0 Å². The third kappa shape index (κ3) is 3.09. The van der Waals surface area contributed by atoms with Crippen LogP contribution >= 0.6 is 0 Å². The maximum atomic E-state index is 2.79. The quantitative estimate of drug-likeness (QED) is 0.459. The van der Waals surface area contributed by atoms with E-state index in [1.807, 2.05) is 0 Å². The van der Waals surface area contributed by atoms with E-state index in [4.69, 9.17) is 0 Å². The maximum Gasteiger partial charge on any atom is 0.0547 e. The first-order chi connectivity index (χ1) is 13.6. The van der Waals surface area contributed by atoms with Gasteiger partial charge in [-0.1, -0.05) is 107 Å². The van der Waals surface area contributed by atoms with Crippen molar-refractivity contribution in [3.8, 4) is 0 Å². The molecule has 7 unspecified atom stereocenters. The Morgan fingerprint density at radius 3 is 2.54 bits per heavy atom. The van der Waals surface area contributed by atoms with Gasteiger partial charge in [-0.05, 0) is 58.2 Å². The SMILES string of the molecule is CC1CC2C=C(c3ccccc3)C=CC2C1[Si](C)(C)C1CCC2CCCCC21. The van der Waals surface area contributed by atoms with Gasteiger partial charge in [0.2, 0.25) is 0 Å². The van der Waals surface area contributed by atoms with Crippen molar-refractivity contribution < 1.29 is 0 Å². The molecule has 3 saturated carbocycles. The summed E-state index contributed by atoms with van der Waals surface area (Å²) in [5.41, 5.74) is 4.93. The van der Waals surface area contributed by atoms with E-state index in [-0.39, 0.29) is 0 Å². The molecule has 1 heteroatoms. The Bertz CT molecular complexity index is 758. The zero-order valence-electron chi connectivity index (χ0n) is 18.1. The molecule has 1 aromatic carbocycles. The van der Waals surface area contributed by atoms with Crippen LogP contribution in [0.25, 0.3) is 5.57 Å². The first kappa shape index (κ1) is 18.9. The van der Waals surface area contributed by atoms with Gasteiger partial charge in [-0.15, -0.1) is 0 Å². The standard InChI is InChI=1S/C27H38Si/c1-19-17-23-18-22(20-9-5-4-6-10-20)13-15-25(23)27(19)28(2,3)26-16-14-21-11-7-8-12-24(21)26/h4-6,9-10,13,15,18-19,21,23-27H,7-8,11-12,14,16-17H2,1-3H3. The van der Waals surface area contributed by atoms with Gasteiger partial charge in [0.15, 0.2) is 0 Å². The van der Waals surface area contributed by atoms with E-state index in [9.17, 15) is 0 Å². The highest BCUT2D eigenvalue weighted by Gasteiger charge is 2.54. The largest absolute Gasteiger partial charge is 0.0802 e. The van der Waals surface area contributed by atoms with Crippen LogP contribution in [0.2, 0.25) is 24.2 Å². The van der Waals surface area contributed by atoms with Crippen LogP contribution < -0.4 is 0 Å². The summed E-state index contributed by atoms with van der Waals surface area (Å²) in [4.78, 5) is 0. The van der Waals surface area contributed by atoms with Crippen molar-refractivity contribution in [2.45, 2.75) is 76.0 Å². The molecule has 0 bridgehead atoms. The minimum absolute atomic E-state index is 0.774. The predicted molar refractivity (Wildman–Crippen MR) is 124 cm³/mol. The van der Waals surface area contributed by atoms with Crippen LogP contribution in [0.15, 0.2) is 48.6 Å². The summed E-state index contributed by atoms with van der Waals surface area (Å²) >= 11 is 0. The van der Waals surface area contributed by atoms with Crippen LogP contribution in [0.3, 0.4) is 0 Å². The lowest BCUT2D eigenvalue weighted by molar-refractivity contribution is 0.273. The van der Waals surface area contributed by atoms with Crippen molar-refractivity contribution in [2.24, 2.45) is 29.6 Å². The minimum atomic E-state index is -1.30. The highest BCUT2D eigenvalue weighted by Crippen LogP contribution is 2.62. The van der Waals surface area contributed by atoms with Crippen LogP contribution in [-0.4, -0.2) is 8.07 Å². The van der Waals surface area contributed by atoms with Crippen molar-refractivity contribution >= 4 is 13.6 Å². The van der Waals surface area contributed by atoms with Gasteiger partial charge in [-0.3, -0.25) is 0 Å². The van der Waals surface area contributed by atoms with Gasteiger partial charge >= 0.3 is 0 Å². The zero-order chi connectivity index (χ0) is 19.3. The smallest absolute Gasteiger partial charge is 0.0547 e. The lowest BCUT2D eigenvalue weighted by Gasteiger charge is -2.45. The Labute approximate surface area is 173 Å². The molecule has 0 heterocycles. The average molecular weight is 391 g/mol. The Kier molecular flexibility index (Phi) is 4.94. The van der Waals surface area contributed by atoms with Crippen molar-refractivity contribution in [1.82, 2.24) is 0 Å². The molecule has 3 fully saturated rings. The molecule has 150 valence electrons. The first-order valence-corrected chi connectivity index (χ1v) is 15.2. The fourth-order valence-corrected chi connectivity index (χ4v) is 14.2. The van der Waals surface area contributed by atoms with Crippen molar-refractivity contribution in [3.05, 3.63) is 54.1 Å². The van der Waals surface area contributed by atoms with Crippen LogP contribution in [0.5, 0.6) is 0 Å². The highest BCUT2D eigenvalue weighted by molar-refractivity contribution is 6.80. The molecule has 0 N–H and O–H groups in total. The second-order valence-corrected chi connectivity index (χ2v) is 16.1. The number of hydrogen-bond donors (Lipinski definition) is 0. The number of benzene rings is 1. The van der Waals surface area contributed by atoms with Gasteiger partial charge in [-0.2, -0.15) is 0 Å². The van der Waals surface area contributed by atoms with Crippen molar-refractivity contribution in [1.29, 1.82) is 0 Å². The van der Waals surface area contributed by atoms with Gasteiger partial charge in [0.1, 0.15) is 0 Å².